The first-order valence-electron chi connectivity index (χ1n) is 8.44. The summed E-state index contributed by atoms with van der Waals surface area (Å²) in [6.45, 7) is 4.76. The summed E-state index contributed by atoms with van der Waals surface area (Å²) in [4.78, 5) is 4.77. The summed E-state index contributed by atoms with van der Waals surface area (Å²) in [6, 6.07) is 22.6. The van der Waals surface area contributed by atoms with Crippen molar-refractivity contribution in [3.63, 3.8) is 0 Å². The molecule has 26 heavy (non-hydrogen) atoms. The van der Waals surface area contributed by atoms with E-state index in [1.165, 1.54) is 5.56 Å². The summed E-state index contributed by atoms with van der Waals surface area (Å²) in [5.74, 6) is 0.911. The molecule has 0 aliphatic rings. The minimum atomic E-state index is 0. The topological polar surface area (TPSA) is 26.5 Å². The monoisotopic (exact) mass is 364 g/mol. The van der Waals surface area contributed by atoms with Gasteiger partial charge in [-0.2, -0.15) is 0 Å². The zero-order valence-corrected chi connectivity index (χ0v) is 15.7. The maximum absolute atomic E-state index is 5.98. The van der Waals surface area contributed by atoms with Gasteiger partial charge in [0.05, 0.1) is 5.69 Å². The van der Waals surface area contributed by atoms with E-state index in [9.17, 15) is 0 Å². The van der Waals surface area contributed by atoms with Gasteiger partial charge in [0.25, 0.3) is 0 Å². The lowest BCUT2D eigenvalue weighted by atomic mass is 10.1. The van der Waals surface area contributed by atoms with Crippen LogP contribution in [0.4, 0.5) is 0 Å². The van der Waals surface area contributed by atoms with E-state index in [-0.39, 0.29) is 12.4 Å². The lowest BCUT2D eigenvalue weighted by Gasteiger charge is -2.10. The average Bonchev–Trinajstić information content (AvgIpc) is 2.99. The number of hydrogen-bond donors (Lipinski definition) is 0. The number of hydrogen-bond acceptors (Lipinski definition) is 2. The van der Waals surface area contributed by atoms with Crippen molar-refractivity contribution in [2.75, 3.05) is 0 Å². The number of aromatic nitrogens is 2. The van der Waals surface area contributed by atoms with Crippen molar-refractivity contribution in [1.29, 1.82) is 0 Å². The maximum atomic E-state index is 5.98. The number of nitrogens with zero attached hydrogens (tertiary/aromatic N) is 2. The van der Waals surface area contributed by atoms with E-state index in [1.807, 2.05) is 48.7 Å². The second-order valence-electron chi connectivity index (χ2n) is 6.23. The van der Waals surface area contributed by atoms with Crippen molar-refractivity contribution in [1.82, 2.24) is 9.38 Å². The first-order chi connectivity index (χ1) is 12.2. The Kier molecular flexibility index (Phi) is 5.29. The van der Waals surface area contributed by atoms with Crippen LogP contribution in [0.25, 0.3) is 16.9 Å². The highest BCUT2D eigenvalue weighted by Gasteiger charge is 2.11. The molecule has 0 aliphatic carbocycles. The van der Waals surface area contributed by atoms with E-state index in [0.29, 0.717) is 6.61 Å². The molecule has 0 saturated heterocycles. The minimum Gasteiger partial charge on any atom is -0.489 e. The zero-order valence-electron chi connectivity index (χ0n) is 14.8. The first-order valence-corrected chi connectivity index (χ1v) is 8.44. The van der Waals surface area contributed by atoms with Gasteiger partial charge < -0.3 is 9.14 Å². The van der Waals surface area contributed by atoms with Crippen molar-refractivity contribution in [2.45, 2.75) is 20.5 Å². The van der Waals surface area contributed by atoms with E-state index in [2.05, 4.69) is 42.5 Å². The smallest absolute Gasteiger partial charge is 0.137 e. The normalized spacial score (nSPS) is 10.5. The Labute approximate surface area is 159 Å². The summed E-state index contributed by atoms with van der Waals surface area (Å²) in [5.41, 5.74) is 6.53. The number of pyridine rings is 1. The highest BCUT2D eigenvalue weighted by molar-refractivity contribution is 5.85. The van der Waals surface area contributed by atoms with Crippen LogP contribution in [0.15, 0.2) is 72.9 Å². The molecule has 2 aromatic heterocycles. The van der Waals surface area contributed by atoms with E-state index in [4.69, 9.17) is 9.72 Å². The molecule has 0 amide bonds. The van der Waals surface area contributed by atoms with E-state index >= 15 is 0 Å². The molecular formula is C22H21ClN2O. The number of aryl methyl sites for hydroxylation is 2. The van der Waals surface area contributed by atoms with Gasteiger partial charge in [-0.1, -0.05) is 36.4 Å². The van der Waals surface area contributed by atoms with E-state index in [0.717, 1.165) is 33.9 Å². The Morgan fingerprint density at radius 3 is 2.42 bits per heavy atom. The van der Waals surface area contributed by atoms with Crippen LogP contribution in [0.5, 0.6) is 5.75 Å². The lowest BCUT2D eigenvalue weighted by molar-refractivity contribution is 0.304. The van der Waals surface area contributed by atoms with Gasteiger partial charge in [-0.25, -0.2) is 4.98 Å². The zero-order chi connectivity index (χ0) is 17.2. The van der Waals surface area contributed by atoms with Crippen molar-refractivity contribution >= 4 is 18.1 Å². The summed E-state index contributed by atoms with van der Waals surface area (Å²) < 4.78 is 8.09. The van der Waals surface area contributed by atoms with Crippen LogP contribution in [0.1, 0.15) is 16.8 Å². The molecule has 0 unspecified atom stereocenters. The number of benzene rings is 2. The van der Waals surface area contributed by atoms with Crippen molar-refractivity contribution in [3.8, 4) is 17.0 Å². The van der Waals surface area contributed by atoms with Crippen molar-refractivity contribution in [3.05, 3.63) is 89.7 Å². The molecule has 0 radical (unpaired) electrons. The molecule has 0 atom stereocenters. The number of ether oxygens (including phenoxy) is 1. The molecule has 0 fully saturated rings. The standard InChI is InChI=1S/C22H20N2O.ClH/c1-16-14-19(22-17(2)24-13-7-6-10-21(24)23-22)11-12-20(16)25-15-18-8-4-3-5-9-18;/h3-14H,15H2,1-2H3;1H. The highest BCUT2D eigenvalue weighted by atomic mass is 35.5. The summed E-state index contributed by atoms with van der Waals surface area (Å²) in [6.07, 6.45) is 2.05. The fourth-order valence-electron chi connectivity index (χ4n) is 3.09. The lowest BCUT2D eigenvalue weighted by Crippen LogP contribution is -1.97. The van der Waals surface area contributed by atoms with Gasteiger partial charge in [-0.15, -0.1) is 12.4 Å². The molecule has 2 aromatic carbocycles. The van der Waals surface area contributed by atoms with Crippen LogP contribution in [0, 0.1) is 13.8 Å². The molecule has 132 valence electrons. The molecular weight excluding hydrogens is 344 g/mol. The Balaban J connectivity index is 0.00000196. The van der Waals surface area contributed by atoms with Crippen LogP contribution >= 0.6 is 12.4 Å². The third-order valence-electron chi connectivity index (χ3n) is 4.45. The van der Waals surface area contributed by atoms with Crippen molar-refractivity contribution < 1.29 is 4.74 Å². The number of fused-ring (bicyclic) bond motifs is 1. The Hall–Kier alpha value is -2.78. The summed E-state index contributed by atoms with van der Waals surface area (Å²) in [7, 11) is 0. The Morgan fingerprint density at radius 2 is 1.69 bits per heavy atom. The predicted molar refractivity (Wildman–Crippen MR) is 108 cm³/mol. The average molecular weight is 365 g/mol. The maximum Gasteiger partial charge on any atom is 0.137 e. The predicted octanol–water partition coefficient (Wildman–Crippen LogP) is 5.62. The van der Waals surface area contributed by atoms with Crippen molar-refractivity contribution in [2.24, 2.45) is 0 Å². The molecule has 3 nitrogen and oxygen atoms in total. The SMILES string of the molecule is Cc1cc(-c2nc3ccccn3c2C)ccc1OCc1ccccc1.Cl. The highest BCUT2D eigenvalue weighted by Crippen LogP contribution is 2.29. The van der Waals surface area contributed by atoms with Gasteiger partial charge >= 0.3 is 0 Å². The molecule has 0 aliphatic heterocycles. The molecule has 0 bridgehead atoms. The van der Waals surface area contributed by atoms with Gasteiger partial charge in [-0.3, -0.25) is 0 Å². The van der Waals surface area contributed by atoms with Crippen LogP contribution in [-0.2, 0) is 6.61 Å². The summed E-state index contributed by atoms with van der Waals surface area (Å²) >= 11 is 0. The quantitative estimate of drug-likeness (QED) is 0.470. The fourth-order valence-corrected chi connectivity index (χ4v) is 3.09. The van der Waals surface area contributed by atoms with Gasteiger partial charge in [-0.05, 0) is 55.3 Å². The number of halogens is 1. The van der Waals surface area contributed by atoms with E-state index < -0.39 is 0 Å². The largest absolute Gasteiger partial charge is 0.489 e. The third kappa shape index (κ3) is 3.44. The van der Waals surface area contributed by atoms with E-state index in [1.54, 1.807) is 0 Å². The first kappa shape index (κ1) is 18.0. The van der Waals surface area contributed by atoms with Crippen LogP contribution < -0.4 is 4.74 Å². The van der Waals surface area contributed by atoms with Crippen LogP contribution in [0.3, 0.4) is 0 Å². The molecule has 4 aromatic rings. The second kappa shape index (κ2) is 7.63. The Morgan fingerprint density at radius 1 is 0.923 bits per heavy atom. The summed E-state index contributed by atoms with van der Waals surface area (Å²) in [5, 5.41) is 0. The van der Waals surface area contributed by atoms with Gasteiger partial charge in [0.1, 0.15) is 18.0 Å². The molecule has 4 rings (SSSR count). The number of imidazole rings is 1. The minimum absolute atomic E-state index is 0. The van der Waals surface area contributed by atoms with Gasteiger partial charge in [0.15, 0.2) is 0 Å². The Bertz CT molecular complexity index is 1020. The fraction of sp³-hybridized carbons (Fsp3) is 0.136. The van der Waals surface area contributed by atoms with Gasteiger partial charge in [0, 0.05) is 17.5 Å². The molecule has 0 spiro atoms. The molecule has 0 saturated carbocycles. The molecule has 2 heterocycles. The number of rotatable bonds is 4. The van der Waals surface area contributed by atoms with Crippen LogP contribution in [0.2, 0.25) is 0 Å². The third-order valence-corrected chi connectivity index (χ3v) is 4.45. The second-order valence-corrected chi connectivity index (χ2v) is 6.23. The molecule has 4 heteroatoms. The van der Waals surface area contributed by atoms with Crippen LogP contribution in [-0.4, -0.2) is 9.38 Å². The molecule has 0 N–H and O–H groups in total. The van der Waals surface area contributed by atoms with Gasteiger partial charge in [0.2, 0.25) is 0 Å².